The standard InChI is InChI=1S/C15H15N3O3/c1-17(2)14-5-3-4-11(10-14)15(19)16-12-6-8-13(9-7-12)18(20)21/h3-10H,1-2H3,(H,16,19). The highest BCUT2D eigenvalue weighted by Gasteiger charge is 2.09. The summed E-state index contributed by atoms with van der Waals surface area (Å²) in [6, 6.07) is 12.9. The van der Waals surface area contributed by atoms with Gasteiger partial charge >= 0.3 is 0 Å². The van der Waals surface area contributed by atoms with Crippen LogP contribution < -0.4 is 10.2 Å². The van der Waals surface area contributed by atoms with E-state index in [-0.39, 0.29) is 11.6 Å². The van der Waals surface area contributed by atoms with Gasteiger partial charge in [-0.1, -0.05) is 6.07 Å². The summed E-state index contributed by atoms with van der Waals surface area (Å²) < 4.78 is 0. The zero-order valence-electron chi connectivity index (χ0n) is 11.7. The van der Waals surface area contributed by atoms with Gasteiger partial charge in [0, 0.05) is 43.2 Å². The Morgan fingerprint density at radius 1 is 1.14 bits per heavy atom. The van der Waals surface area contributed by atoms with Gasteiger partial charge in [0.25, 0.3) is 11.6 Å². The van der Waals surface area contributed by atoms with Crippen molar-refractivity contribution in [1.29, 1.82) is 0 Å². The van der Waals surface area contributed by atoms with E-state index in [1.54, 1.807) is 18.2 Å². The summed E-state index contributed by atoms with van der Waals surface area (Å²) in [5.41, 5.74) is 1.95. The number of nitro groups is 1. The van der Waals surface area contributed by atoms with E-state index in [1.165, 1.54) is 24.3 Å². The molecule has 0 heterocycles. The molecule has 0 atom stereocenters. The van der Waals surface area contributed by atoms with Crippen LogP contribution in [-0.2, 0) is 0 Å². The highest BCUT2D eigenvalue weighted by Crippen LogP contribution is 2.18. The minimum atomic E-state index is -0.480. The Morgan fingerprint density at radius 2 is 1.81 bits per heavy atom. The molecule has 2 aromatic rings. The van der Waals surface area contributed by atoms with Gasteiger partial charge in [-0.2, -0.15) is 0 Å². The Hall–Kier alpha value is -2.89. The maximum atomic E-state index is 12.1. The van der Waals surface area contributed by atoms with Crippen LogP contribution in [0.2, 0.25) is 0 Å². The van der Waals surface area contributed by atoms with Crippen molar-refractivity contribution in [2.45, 2.75) is 0 Å². The number of benzene rings is 2. The van der Waals surface area contributed by atoms with Crippen LogP contribution in [0, 0.1) is 10.1 Å². The van der Waals surface area contributed by atoms with E-state index in [0.29, 0.717) is 11.3 Å². The van der Waals surface area contributed by atoms with E-state index in [1.807, 2.05) is 25.1 Å². The molecule has 0 saturated carbocycles. The molecule has 0 aliphatic heterocycles. The molecule has 0 unspecified atom stereocenters. The smallest absolute Gasteiger partial charge is 0.269 e. The Labute approximate surface area is 122 Å². The number of nitrogens with one attached hydrogen (secondary N) is 1. The fourth-order valence-corrected chi connectivity index (χ4v) is 1.80. The first-order chi connectivity index (χ1) is 9.97. The zero-order chi connectivity index (χ0) is 15.4. The van der Waals surface area contributed by atoms with Gasteiger partial charge in [-0.3, -0.25) is 14.9 Å². The quantitative estimate of drug-likeness (QED) is 0.692. The van der Waals surface area contributed by atoms with Crippen molar-refractivity contribution < 1.29 is 9.72 Å². The third-order valence-electron chi connectivity index (χ3n) is 2.96. The molecule has 0 radical (unpaired) electrons. The van der Waals surface area contributed by atoms with Gasteiger partial charge in [0.15, 0.2) is 0 Å². The molecular weight excluding hydrogens is 270 g/mol. The van der Waals surface area contributed by atoms with Gasteiger partial charge in [-0.25, -0.2) is 0 Å². The predicted molar refractivity (Wildman–Crippen MR) is 81.8 cm³/mol. The first-order valence-corrected chi connectivity index (χ1v) is 6.30. The van der Waals surface area contributed by atoms with Gasteiger partial charge in [-0.05, 0) is 30.3 Å². The first-order valence-electron chi connectivity index (χ1n) is 6.30. The summed E-state index contributed by atoms with van der Waals surface area (Å²) in [5.74, 6) is -0.257. The summed E-state index contributed by atoms with van der Waals surface area (Å²) in [6.45, 7) is 0. The minimum Gasteiger partial charge on any atom is -0.378 e. The van der Waals surface area contributed by atoms with Crippen LogP contribution in [0.25, 0.3) is 0 Å². The SMILES string of the molecule is CN(C)c1cccc(C(=O)Nc2ccc([N+](=O)[O-])cc2)c1. The molecule has 1 amide bonds. The third-order valence-corrected chi connectivity index (χ3v) is 2.96. The molecule has 2 rings (SSSR count). The van der Waals surface area contributed by atoms with Gasteiger partial charge in [0.1, 0.15) is 0 Å². The molecule has 0 bridgehead atoms. The van der Waals surface area contributed by atoms with E-state index >= 15 is 0 Å². The van der Waals surface area contributed by atoms with Crippen LogP contribution in [0.15, 0.2) is 48.5 Å². The topological polar surface area (TPSA) is 75.5 Å². The minimum absolute atomic E-state index is 0.0115. The zero-order valence-corrected chi connectivity index (χ0v) is 11.7. The Bertz CT molecular complexity index is 666. The summed E-state index contributed by atoms with van der Waals surface area (Å²) in [4.78, 5) is 24.1. The molecule has 0 aliphatic carbocycles. The van der Waals surface area contributed by atoms with Crippen molar-refractivity contribution in [3.63, 3.8) is 0 Å². The van der Waals surface area contributed by atoms with Crippen molar-refractivity contribution >= 4 is 23.0 Å². The first kappa shape index (κ1) is 14.5. The van der Waals surface area contributed by atoms with Gasteiger partial charge < -0.3 is 10.2 Å². The Morgan fingerprint density at radius 3 is 2.38 bits per heavy atom. The van der Waals surface area contributed by atoms with E-state index in [2.05, 4.69) is 5.32 Å². The summed E-state index contributed by atoms with van der Waals surface area (Å²) in [6.07, 6.45) is 0. The number of carbonyl (C=O) groups excluding carboxylic acids is 1. The molecule has 6 heteroatoms. The number of amides is 1. The summed E-state index contributed by atoms with van der Waals surface area (Å²) >= 11 is 0. The number of nitro benzene ring substituents is 1. The van der Waals surface area contributed by atoms with Crippen LogP contribution >= 0.6 is 0 Å². The molecule has 0 fully saturated rings. The second kappa shape index (κ2) is 6.04. The average Bonchev–Trinajstić information content (AvgIpc) is 2.48. The fourth-order valence-electron chi connectivity index (χ4n) is 1.80. The highest BCUT2D eigenvalue weighted by atomic mass is 16.6. The van der Waals surface area contributed by atoms with Crippen LogP contribution in [0.4, 0.5) is 17.1 Å². The van der Waals surface area contributed by atoms with Crippen molar-refractivity contribution in [2.75, 3.05) is 24.3 Å². The molecule has 0 saturated heterocycles. The Kier molecular flexibility index (Phi) is 4.18. The second-order valence-corrected chi connectivity index (χ2v) is 4.70. The molecule has 0 spiro atoms. The van der Waals surface area contributed by atoms with Crippen molar-refractivity contribution in [3.05, 3.63) is 64.2 Å². The summed E-state index contributed by atoms with van der Waals surface area (Å²) in [5, 5.41) is 13.3. The number of nitrogens with zero attached hydrogens (tertiary/aromatic N) is 2. The van der Waals surface area contributed by atoms with E-state index < -0.39 is 4.92 Å². The lowest BCUT2D eigenvalue weighted by molar-refractivity contribution is -0.384. The second-order valence-electron chi connectivity index (χ2n) is 4.70. The number of rotatable bonds is 4. The van der Waals surface area contributed by atoms with Gasteiger partial charge in [-0.15, -0.1) is 0 Å². The maximum Gasteiger partial charge on any atom is 0.269 e. The maximum absolute atomic E-state index is 12.1. The van der Waals surface area contributed by atoms with Gasteiger partial charge in [0.05, 0.1) is 4.92 Å². The predicted octanol–water partition coefficient (Wildman–Crippen LogP) is 2.91. The van der Waals surface area contributed by atoms with Crippen LogP contribution in [-0.4, -0.2) is 24.9 Å². The molecule has 108 valence electrons. The van der Waals surface area contributed by atoms with Crippen LogP contribution in [0.3, 0.4) is 0 Å². The number of hydrogen-bond donors (Lipinski definition) is 1. The van der Waals surface area contributed by atoms with Gasteiger partial charge in [0.2, 0.25) is 0 Å². The lowest BCUT2D eigenvalue weighted by Crippen LogP contribution is -2.14. The molecule has 0 aromatic heterocycles. The van der Waals surface area contributed by atoms with E-state index in [9.17, 15) is 14.9 Å². The lowest BCUT2D eigenvalue weighted by Gasteiger charge is -2.13. The fraction of sp³-hybridized carbons (Fsp3) is 0.133. The van der Waals surface area contributed by atoms with Crippen molar-refractivity contribution in [2.24, 2.45) is 0 Å². The number of non-ortho nitro benzene ring substituents is 1. The van der Waals surface area contributed by atoms with Crippen molar-refractivity contribution in [1.82, 2.24) is 0 Å². The molecule has 21 heavy (non-hydrogen) atoms. The number of hydrogen-bond acceptors (Lipinski definition) is 4. The molecule has 1 N–H and O–H groups in total. The molecule has 0 aliphatic rings. The normalized spacial score (nSPS) is 10.0. The van der Waals surface area contributed by atoms with E-state index in [0.717, 1.165) is 5.69 Å². The van der Waals surface area contributed by atoms with Crippen LogP contribution in [0.5, 0.6) is 0 Å². The molecule has 6 nitrogen and oxygen atoms in total. The monoisotopic (exact) mass is 285 g/mol. The largest absolute Gasteiger partial charge is 0.378 e. The Balaban J connectivity index is 2.14. The molecular formula is C15H15N3O3. The highest BCUT2D eigenvalue weighted by molar-refractivity contribution is 6.04. The van der Waals surface area contributed by atoms with E-state index in [4.69, 9.17) is 0 Å². The third kappa shape index (κ3) is 3.56. The lowest BCUT2D eigenvalue weighted by atomic mass is 10.1. The summed E-state index contributed by atoms with van der Waals surface area (Å²) in [7, 11) is 3.79. The van der Waals surface area contributed by atoms with Crippen molar-refractivity contribution in [3.8, 4) is 0 Å². The number of carbonyl (C=O) groups is 1. The number of anilines is 2. The van der Waals surface area contributed by atoms with Crippen LogP contribution in [0.1, 0.15) is 10.4 Å². The molecule has 2 aromatic carbocycles. The average molecular weight is 285 g/mol.